The van der Waals surface area contributed by atoms with Crippen LogP contribution in [0.25, 0.3) is 0 Å². The van der Waals surface area contributed by atoms with Crippen LogP contribution in [0.5, 0.6) is 0 Å². The maximum Gasteiger partial charge on any atom is 0.146 e. The Morgan fingerprint density at radius 3 is 2.81 bits per heavy atom. The summed E-state index contributed by atoms with van der Waals surface area (Å²) in [5, 5.41) is 0.586. The Balaban J connectivity index is 2.39. The highest BCUT2D eigenvalue weighted by Crippen LogP contribution is 2.23. The quantitative estimate of drug-likeness (QED) is 0.871. The van der Waals surface area contributed by atoms with Gasteiger partial charge in [-0.25, -0.2) is 4.39 Å². The van der Waals surface area contributed by atoms with Crippen molar-refractivity contribution in [1.29, 1.82) is 0 Å². The largest absolute Gasteiger partial charge is 0.320 e. The Morgan fingerprint density at radius 2 is 2.12 bits per heavy atom. The van der Waals surface area contributed by atoms with Gasteiger partial charge in [-0.05, 0) is 23.8 Å². The van der Waals surface area contributed by atoms with E-state index in [1.807, 2.05) is 6.07 Å². The smallest absolute Gasteiger partial charge is 0.146 e. The molecular weight excluding hydrogens is 227 g/mol. The lowest BCUT2D eigenvalue weighted by Gasteiger charge is -2.13. The molecule has 0 saturated heterocycles. The molecule has 0 amide bonds. The molecule has 0 aliphatic rings. The minimum Gasteiger partial charge on any atom is -0.320 e. The van der Waals surface area contributed by atoms with Crippen molar-refractivity contribution in [3.8, 4) is 0 Å². The molecule has 1 atom stereocenters. The first-order valence-electron chi connectivity index (χ1n) is 4.79. The van der Waals surface area contributed by atoms with Gasteiger partial charge in [0.25, 0.3) is 0 Å². The molecule has 82 valence electrons. The van der Waals surface area contributed by atoms with Crippen molar-refractivity contribution in [1.82, 2.24) is 4.98 Å². The van der Waals surface area contributed by atoms with Crippen molar-refractivity contribution in [3.63, 3.8) is 0 Å². The van der Waals surface area contributed by atoms with Crippen molar-refractivity contribution >= 4 is 11.6 Å². The Bertz CT molecular complexity index is 502. The SMILES string of the molecule is NC(c1cccc(Cl)c1)c1ccncc1F. The van der Waals surface area contributed by atoms with Gasteiger partial charge in [0.1, 0.15) is 5.82 Å². The van der Waals surface area contributed by atoms with Crippen molar-refractivity contribution in [2.24, 2.45) is 5.73 Å². The van der Waals surface area contributed by atoms with Gasteiger partial charge in [0.05, 0.1) is 12.2 Å². The molecule has 1 aromatic carbocycles. The number of rotatable bonds is 2. The van der Waals surface area contributed by atoms with Crippen LogP contribution in [0.15, 0.2) is 42.7 Å². The van der Waals surface area contributed by atoms with Crippen LogP contribution in [-0.4, -0.2) is 4.98 Å². The van der Waals surface area contributed by atoms with Crippen molar-refractivity contribution in [3.05, 3.63) is 64.7 Å². The van der Waals surface area contributed by atoms with Gasteiger partial charge in [-0.3, -0.25) is 4.98 Å². The van der Waals surface area contributed by atoms with Crippen LogP contribution in [0.3, 0.4) is 0 Å². The van der Waals surface area contributed by atoms with E-state index >= 15 is 0 Å². The first kappa shape index (κ1) is 11.0. The summed E-state index contributed by atoms with van der Waals surface area (Å²) in [4.78, 5) is 3.68. The number of hydrogen-bond acceptors (Lipinski definition) is 2. The van der Waals surface area contributed by atoms with E-state index in [1.54, 1.807) is 24.3 Å². The van der Waals surface area contributed by atoms with E-state index in [1.165, 1.54) is 6.20 Å². The second kappa shape index (κ2) is 4.60. The molecule has 4 heteroatoms. The number of aromatic nitrogens is 1. The number of benzene rings is 1. The van der Waals surface area contributed by atoms with E-state index in [0.717, 1.165) is 11.8 Å². The molecule has 1 unspecified atom stereocenters. The summed E-state index contributed by atoms with van der Waals surface area (Å²) in [6, 6.07) is 8.13. The lowest BCUT2D eigenvalue weighted by molar-refractivity contribution is 0.593. The molecule has 0 radical (unpaired) electrons. The summed E-state index contributed by atoms with van der Waals surface area (Å²) in [6.07, 6.45) is 2.67. The van der Waals surface area contributed by atoms with Gasteiger partial charge in [0, 0.05) is 16.8 Å². The number of nitrogens with zero attached hydrogens (tertiary/aromatic N) is 1. The Hall–Kier alpha value is -1.45. The third kappa shape index (κ3) is 2.21. The summed E-state index contributed by atoms with van der Waals surface area (Å²) < 4.78 is 13.5. The van der Waals surface area contributed by atoms with E-state index in [2.05, 4.69) is 4.98 Å². The lowest BCUT2D eigenvalue weighted by Crippen LogP contribution is -2.13. The van der Waals surface area contributed by atoms with Gasteiger partial charge < -0.3 is 5.73 Å². The Morgan fingerprint density at radius 1 is 1.31 bits per heavy atom. The van der Waals surface area contributed by atoms with Gasteiger partial charge in [0.2, 0.25) is 0 Å². The molecule has 0 aliphatic heterocycles. The van der Waals surface area contributed by atoms with E-state index in [-0.39, 0.29) is 0 Å². The van der Waals surface area contributed by atoms with Gasteiger partial charge in [-0.2, -0.15) is 0 Å². The van der Waals surface area contributed by atoms with Crippen molar-refractivity contribution in [2.45, 2.75) is 6.04 Å². The molecule has 2 N–H and O–H groups in total. The van der Waals surface area contributed by atoms with Crippen LogP contribution in [0.4, 0.5) is 4.39 Å². The molecule has 0 bridgehead atoms. The van der Waals surface area contributed by atoms with Crippen LogP contribution in [0.1, 0.15) is 17.2 Å². The highest BCUT2D eigenvalue weighted by molar-refractivity contribution is 6.30. The van der Waals surface area contributed by atoms with Gasteiger partial charge in [-0.15, -0.1) is 0 Å². The first-order valence-corrected chi connectivity index (χ1v) is 5.17. The standard InChI is InChI=1S/C12H10ClFN2/c13-9-3-1-2-8(6-9)12(15)10-4-5-16-7-11(10)14/h1-7,12H,15H2. The second-order valence-corrected chi connectivity index (χ2v) is 3.87. The van der Waals surface area contributed by atoms with Gasteiger partial charge in [-0.1, -0.05) is 23.7 Å². The zero-order chi connectivity index (χ0) is 11.5. The molecule has 16 heavy (non-hydrogen) atoms. The van der Waals surface area contributed by atoms with Crippen LogP contribution in [0, 0.1) is 5.82 Å². The van der Waals surface area contributed by atoms with Crippen LogP contribution < -0.4 is 5.73 Å². The van der Waals surface area contributed by atoms with Gasteiger partial charge in [0.15, 0.2) is 0 Å². The molecule has 2 nitrogen and oxygen atoms in total. The second-order valence-electron chi connectivity index (χ2n) is 3.43. The molecular formula is C12H10ClFN2. The molecule has 0 aliphatic carbocycles. The molecule has 0 saturated carbocycles. The monoisotopic (exact) mass is 236 g/mol. The molecule has 1 heterocycles. The summed E-state index contributed by atoms with van der Waals surface area (Å²) in [5.41, 5.74) is 7.15. The van der Waals surface area contributed by atoms with Crippen molar-refractivity contribution < 1.29 is 4.39 Å². The van der Waals surface area contributed by atoms with E-state index in [0.29, 0.717) is 10.6 Å². The van der Waals surface area contributed by atoms with Crippen LogP contribution >= 0.6 is 11.6 Å². The predicted octanol–water partition coefficient (Wildman–Crippen LogP) is 2.92. The summed E-state index contributed by atoms with van der Waals surface area (Å²) in [6.45, 7) is 0. The normalized spacial score (nSPS) is 12.4. The third-order valence-electron chi connectivity index (χ3n) is 2.35. The number of nitrogens with two attached hydrogens (primary N) is 1. The highest BCUT2D eigenvalue weighted by Gasteiger charge is 2.13. The Labute approximate surface area is 97.9 Å². The minimum absolute atomic E-state index is 0.407. The highest BCUT2D eigenvalue weighted by atomic mass is 35.5. The average Bonchev–Trinajstić information content (AvgIpc) is 2.29. The molecule has 2 rings (SSSR count). The Kier molecular flexibility index (Phi) is 3.17. The summed E-state index contributed by atoms with van der Waals surface area (Å²) in [5.74, 6) is -0.407. The maximum absolute atomic E-state index is 13.5. The van der Waals surface area contributed by atoms with E-state index in [9.17, 15) is 4.39 Å². The zero-order valence-corrected chi connectivity index (χ0v) is 9.16. The number of halogens is 2. The number of pyridine rings is 1. The topological polar surface area (TPSA) is 38.9 Å². The van der Waals surface area contributed by atoms with Crippen LogP contribution in [0.2, 0.25) is 5.02 Å². The molecule has 0 fully saturated rings. The number of hydrogen-bond donors (Lipinski definition) is 1. The average molecular weight is 237 g/mol. The predicted molar refractivity (Wildman–Crippen MR) is 61.7 cm³/mol. The molecule has 1 aromatic heterocycles. The summed E-state index contributed by atoms with van der Waals surface area (Å²) >= 11 is 5.85. The fraction of sp³-hybridized carbons (Fsp3) is 0.0833. The minimum atomic E-state index is -0.526. The van der Waals surface area contributed by atoms with Crippen LogP contribution in [-0.2, 0) is 0 Å². The van der Waals surface area contributed by atoms with E-state index in [4.69, 9.17) is 17.3 Å². The maximum atomic E-state index is 13.5. The zero-order valence-electron chi connectivity index (χ0n) is 8.40. The van der Waals surface area contributed by atoms with Crippen molar-refractivity contribution in [2.75, 3.05) is 0 Å². The van der Waals surface area contributed by atoms with Gasteiger partial charge >= 0.3 is 0 Å². The lowest BCUT2D eigenvalue weighted by atomic mass is 10.0. The fourth-order valence-corrected chi connectivity index (χ4v) is 1.72. The molecule has 0 spiro atoms. The summed E-state index contributed by atoms with van der Waals surface area (Å²) in [7, 11) is 0. The molecule has 2 aromatic rings. The third-order valence-corrected chi connectivity index (χ3v) is 2.58. The van der Waals surface area contributed by atoms with E-state index < -0.39 is 11.9 Å². The fourth-order valence-electron chi connectivity index (χ4n) is 1.52. The first-order chi connectivity index (χ1) is 7.68.